The van der Waals surface area contributed by atoms with Crippen molar-refractivity contribution in [1.82, 2.24) is 9.47 Å². The number of halogens is 2. The van der Waals surface area contributed by atoms with Crippen LogP contribution in [0.1, 0.15) is 38.2 Å². The molecule has 0 radical (unpaired) electrons. The number of rotatable bonds is 5. The molecular weight excluding hydrogens is 338 g/mol. The Morgan fingerprint density at radius 1 is 1.35 bits per heavy atom. The molecule has 7 heteroatoms. The molecule has 1 atom stereocenters. The van der Waals surface area contributed by atoms with Gasteiger partial charge in [0.15, 0.2) is 6.17 Å². The van der Waals surface area contributed by atoms with E-state index in [0.717, 1.165) is 11.2 Å². The van der Waals surface area contributed by atoms with Crippen LogP contribution in [0.15, 0.2) is 35.5 Å². The average Bonchev–Trinajstić information content (AvgIpc) is 2.93. The number of aliphatic imine (C=N–C) groups is 1. The molecule has 1 aliphatic heterocycles. The summed E-state index contributed by atoms with van der Waals surface area (Å²) < 4.78 is 31.6. The summed E-state index contributed by atoms with van der Waals surface area (Å²) in [6, 6.07) is 7.13. The lowest BCUT2D eigenvalue weighted by molar-refractivity contribution is -0.0497. The minimum Gasteiger partial charge on any atom is -0.435 e. The Hall–Kier alpha value is -2.88. The summed E-state index contributed by atoms with van der Waals surface area (Å²) in [4.78, 5) is 6.64. The minimum atomic E-state index is -2.91. The number of hydrogen-bond donors (Lipinski definition) is 0. The molecule has 1 unspecified atom stereocenters. The van der Waals surface area contributed by atoms with Crippen LogP contribution in [0.2, 0.25) is 0 Å². The van der Waals surface area contributed by atoms with E-state index >= 15 is 0 Å². The molecule has 0 amide bonds. The maximum Gasteiger partial charge on any atom is 0.387 e. The SMILES string of the molecule is CCn1c(C2N=CC=CN2C(C)C)c(C#N)c2cc(OC(F)F)ccc21. The largest absolute Gasteiger partial charge is 0.435 e. The number of nitriles is 1. The molecule has 0 aliphatic carbocycles. The summed E-state index contributed by atoms with van der Waals surface area (Å²) >= 11 is 0. The number of alkyl halides is 2. The summed E-state index contributed by atoms with van der Waals surface area (Å²) in [5.41, 5.74) is 1.99. The smallest absolute Gasteiger partial charge is 0.387 e. The third kappa shape index (κ3) is 3.03. The van der Waals surface area contributed by atoms with Crippen molar-refractivity contribution in [3.8, 4) is 11.8 Å². The van der Waals surface area contributed by atoms with Crippen molar-refractivity contribution < 1.29 is 13.5 Å². The summed E-state index contributed by atoms with van der Waals surface area (Å²) in [6.45, 7) is 3.81. The Labute approximate surface area is 150 Å². The Morgan fingerprint density at radius 3 is 2.73 bits per heavy atom. The van der Waals surface area contributed by atoms with Crippen LogP contribution in [0.4, 0.5) is 8.78 Å². The van der Waals surface area contributed by atoms with Gasteiger partial charge in [0.2, 0.25) is 0 Å². The standard InChI is InChI=1S/C19H20F2N4O/c1-4-24-16-7-6-13(26-19(20)21)10-14(16)15(11-22)17(24)18-23-8-5-9-25(18)12(2)3/h5-10,12,18-19H,4H2,1-3H3. The van der Waals surface area contributed by atoms with Gasteiger partial charge in [-0.15, -0.1) is 0 Å². The number of aryl methyl sites for hydroxylation is 1. The zero-order valence-corrected chi connectivity index (χ0v) is 14.9. The topological polar surface area (TPSA) is 53.5 Å². The minimum absolute atomic E-state index is 0.0385. The molecule has 0 saturated heterocycles. The number of hydrogen-bond acceptors (Lipinski definition) is 4. The number of aromatic nitrogens is 1. The molecule has 26 heavy (non-hydrogen) atoms. The highest BCUT2D eigenvalue weighted by atomic mass is 19.3. The third-order valence-corrected chi connectivity index (χ3v) is 4.42. The van der Waals surface area contributed by atoms with Crippen LogP contribution in [0.25, 0.3) is 10.9 Å². The van der Waals surface area contributed by atoms with Gasteiger partial charge in [-0.3, -0.25) is 4.99 Å². The molecule has 1 aromatic carbocycles. The van der Waals surface area contributed by atoms with E-state index in [2.05, 4.69) is 34.5 Å². The first kappa shape index (κ1) is 17.9. The Morgan fingerprint density at radius 2 is 2.12 bits per heavy atom. The molecule has 0 saturated carbocycles. The summed E-state index contributed by atoms with van der Waals surface area (Å²) in [5.74, 6) is 0.0385. The summed E-state index contributed by atoms with van der Waals surface area (Å²) in [7, 11) is 0. The maximum atomic E-state index is 12.6. The van der Waals surface area contributed by atoms with Gasteiger partial charge in [-0.1, -0.05) is 0 Å². The van der Waals surface area contributed by atoms with Crippen LogP contribution < -0.4 is 4.74 Å². The van der Waals surface area contributed by atoms with Crippen LogP contribution >= 0.6 is 0 Å². The number of fused-ring (bicyclic) bond motifs is 1. The lowest BCUT2D eigenvalue weighted by atomic mass is 10.1. The highest BCUT2D eigenvalue weighted by Crippen LogP contribution is 2.37. The van der Waals surface area contributed by atoms with Crippen LogP contribution in [0.5, 0.6) is 5.75 Å². The Bertz CT molecular complexity index is 908. The highest BCUT2D eigenvalue weighted by molar-refractivity contribution is 5.89. The van der Waals surface area contributed by atoms with Crippen LogP contribution in [0.3, 0.4) is 0 Å². The molecule has 136 valence electrons. The van der Waals surface area contributed by atoms with Gasteiger partial charge in [0, 0.05) is 35.9 Å². The van der Waals surface area contributed by atoms with E-state index in [0.29, 0.717) is 17.5 Å². The number of ether oxygens (including phenoxy) is 1. The zero-order chi connectivity index (χ0) is 18.8. The molecule has 2 aromatic rings. The highest BCUT2D eigenvalue weighted by Gasteiger charge is 2.29. The van der Waals surface area contributed by atoms with Gasteiger partial charge in [-0.2, -0.15) is 14.0 Å². The van der Waals surface area contributed by atoms with Crippen LogP contribution in [-0.2, 0) is 6.54 Å². The zero-order valence-electron chi connectivity index (χ0n) is 14.9. The van der Waals surface area contributed by atoms with Gasteiger partial charge in [0.1, 0.15) is 11.8 Å². The predicted octanol–water partition coefficient (Wildman–Crippen LogP) is 4.44. The van der Waals surface area contributed by atoms with Crippen molar-refractivity contribution in [1.29, 1.82) is 5.26 Å². The molecule has 0 bridgehead atoms. The lowest BCUT2D eigenvalue weighted by Gasteiger charge is -2.33. The molecule has 2 heterocycles. The fourth-order valence-corrected chi connectivity index (χ4v) is 3.35. The van der Waals surface area contributed by atoms with E-state index in [1.165, 1.54) is 12.1 Å². The maximum absolute atomic E-state index is 12.6. The second-order valence-corrected chi connectivity index (χ2v) is 6.23. The number of allylic oxidation sites excluding steroid dienone is 1. The fraction of sp³-hybridized carbons (Fsp3) is 0.368. The Balaban J connectivity index is 2.23. The first-order valence-corrected chi connectivity index (χ1v) is 8.46. The lowest BCUT2D eigenvalue weighted by Crippen LogP contribution is -2.32. The van der Waals surface area contributed by atoms with Crippen molar-refractivity contribution in [2.45, 2.75) is 46.1 Å². The molecule has 1 aromatic heterocycles. The summed E-state index contributed by atoms with van der Waals surface area (Å²) in [5, 5.41) is 10.4. The average molecular weight is 358 g/mol. The molecule has 0 fully saturated rings. The second-order valence-electron chi connectivity index (χ2n) is 6.23. The van der Waals surface area contributed by atoms with Gasteiger partial charge in [0.05, 0.1) is 11.3 Å². The van der Waals surface area contributed by atoms with Crippen LogP contribution in [-0.4, -0.2) is 28.3 Å². The Kier molecular flexibility index (Phi) is 4.94. The van der Waals surface area contributed by atoms with E-state index in [9.17, 15) is 14.0 Å². The molecule has 0 N–H and O–H groups in total. The van der Waals surface area contributed by atoms with Crippen molar-refractivity contribution in [3.05, 3.63) is 41.7 Å². The van der Waals surface area contributed by atoms with E-state index in [-0.39, 0.29) is 18.0 Å². The predicted molar refractivity (Wildman–Crippen MR) is 96.3 cm³/mol. The fourth-order valence-electron chi connectivity index (χ4n) is 3.35. The normalized spacial score (nSPS) is 16.7. The van der Waals surface area contributed by atoms with Crippen molar-refractivity contribution in [3.63, 3.8) is 0 Å². The first-order valence-electron chi connectivity index (χ1n) is 8.46. The van der Waals surface area contributed by atoms with Gasteiger partial charge in [-0.05, 0) is 45.0 Å². The van der Waals surface area contributed by atoms with E-state index < -0.39 is 6.61 Å². The van der Waals surface area contributed by atoms with Gasteiger partial charge < -0.3 is 14.2 Å². The van der Waals surface area contributed by atoms with Crippen molar-refractivity contribution >= 4 is 17.1 Å². The number of nitrogens with zero attached hydrogens (tertiary/aromatic N) is 4. The first-order chi connectivity index (χ1) is 12.5. The van der Waals surface area contributed by atoms with Crippen molar-refractivity contribution in [2.75, 3.05) is 0 Å². The summed E-state index contributed by atoms with van der Waals surface area (Å²) in [6.07, 6.45) is 5.18. The second kappa shape index (κ2) is 7.16. The molecule has 3 rings (SSSR count). The van der Waals surface area contributed by atoms with E-state index in [1.54, 1.807) is 12.3 Å². The monoisotopic (exact) mass is 358 g/mol. The van der Waals surface area contributed by atoms with Gasteiger partial charge >= 0.3 is 6.61 Å². The van der Waals surface area contributed by atoms with Gasteiger partial charge in [0.25, 0.3) is 0 Å². The van der Waals surface area contributed by atoms with E-state index in [4.69, 9.17) is 0 Å². The van der Waals surface area contributed by atoms with Crippen LogP contribution in [0, 0.1) is 11.3 Å². The third-order valence-electron chi connectivity index (χ3n) is 4.42. The van der Waals surface area contributed by atoms with Crippen molar-refractivity contribution in [2.24, 2.45) is 4.99 Å². The molecule has 0 spiro atoms. The van der Waals surface area contributed by atoms with Gasteiger partial charge in [-0.25, -0.2) is 0 Å². The number of benzene rings is 1. The van der Waals surface area contributed by atoms with E-state index in [1.807, 2.05) is 23.8 Å². The molecule has 1 aliphatic rings. The quantitative estimate of drug-likeness (QED) is 0.794. The molecule has 5 nitrogen and oxygen atoms in total. The molecular formula is C19H20F2N4O.